The molecule has 4 aromatic rings. The van der Waals surface area contributed by atoms with Gasteiger partial charge in [-0.05, 0) is 53.4 Å². The van der Waals surface area contributed by atoms with Crippen molar-refractivity contribution >= 4 is 16.8 Å². The molecule has 0 saturated carbocycles. The van der Waals surface area contributed by atoms with Crippen LogP contribution in [0.2, 0.25) is 0 Å². The highest BCUT2D eigenvalue weighted by Gasteiger charge is 2.14. The Kier molecular flexibility index (Phi) is 5.85. The van der Waals surface area contributed by atoms with Gasteiger partial charge in [0.1, 0.15) is 17.1 Å². The van der Waals surface area contributed by atoms with Gasteiger partial charge in [0.15, 0.2) is 12.4 Å². The lowest BCUT2D eigenvalue weighted by atomic mass is 9.99. The van der Waals surface area contributed by atoms with Gasteiger partial charge in [0.05, 0.1) is 7.11 Å². The van der Waals surface area contributed by atoms with Crippen molar-refractivity contribution in [2.45, 2.75) is 13.3 Å². The molecule has 0 unspecified atom stereocenters. The van der Waals surface area contributed by atoms with Gasteiger partial charge < -0.3 is 13.9 Å². The number of benzene rings is 3. The molecule has 0 bridgehead atoms. The number of methoxy groups -OCH3 is 1. The summed E-state index contributed by atoms with van der Waals surface area (Å²) in [5.74, 6) is 1.07. The van der Waals surface area contributed by atoms with Crippen molar-refractivity contribution in [2.24, 2.45) is 0 Å². The number of aryl methyl sites for hydroxylation is 1. The summed E-state index contributed by atoms with van der Waals surface area (Å²) in [5, 5.41) is 0.830. The highest BCUT2D eigenvalue weighted by atomic mass is 16.5. The maximum atomic E-state index is 12.5. The second-order valence-corrected chi connectivity index (χ2v) is 7.10. The first-order valence-corrected chi connectivity index (χ1v) is 10.0. The molecule has 0 atom stereocenters. The standard InChI is InChI=1S/C26H22O5/c1-3-17-13-22-21(18-7-5-4-6-8-18)14-26(28)31-25(22)15-24(17)30-16-23(27)19-9-11-20(29-2)12-10-19/h4-15H,3,16H2,1-2H3. The van der Waals surface area contributed by atoms with Crippen molar-refractivity contribution in [1.29, 1.82) is 0 Å². The molecule has 156 valence electrons. The normalized spacial score (nSPS) is 10.8. The van der Waals surface area contributed by atoms with Crippen molar-refractivity contribution in [2.75, 3.05) is 13.7 Å². The highest BCUT2D eigenvalue weighted by molar-refractivity contribution is 5.97. The molecule has 4 rings (SSSR count). The fourth-order valence-corrected chi connectivity index (χ4v) is 3.51. The molecule has 1 aromatic heterocycles. The topological polar surface area (TPSA) is 65.7 Å². The van der Waals surface area contributed by atoms with Gasteiger partial charge in [0.2, 0.25) is 0 Å². The van der Waals surface area contributed by atoms with Crippen LogP contribution in [0.15, 0.2) is 82.0 Å². The van der Waals surface area contributed by atoms with Gasteiger partial charge in [-0.15, -0.1) is 0 Å². The fourth-order valence-electron chi connectivity index (χ4n) is 3.51. The Morgan fingerprint density at radius 2 is 1.71 bits per heavy atom. The summed E-state index contributed by atoms with van der Waals surface area (Å²) in [6.07, 6.45) is 0.704. The van der Waals surface area contributed by atoms with E-state index in [0.29, 0.717) is 29.1 Å². The van der Waals surface area contributed by atoms with Gasteiger partial charge in [0, 0.05) is 23.1 Å². The van der Waals surface area contributed by atoms with Crippen LogP contribution in [0.25, 0.3) is 22.1 Å². The minimum absolute atomic E-state index is 0.118. The Morgan fingerprint density at radius 3 is 2.39 bits per heavy atom. The van der Waals surface area contributed by atoms with Crippen molar-refractivity contribution in [3.05, 3.63) is 94.3 Å². The Hall–Kier alpha value is -3.86. The van der Waals surface area contributed by atoms with E-state index in [0.717, 1.165) is 22.1 Å². The average molecular weight is 414 g/mol. The van der Waals surface area contributed by atoms with Crippen LogP contribution in [0.5, 0.6) is 11.5 Å². The van der Waals surface area contributed by atoms with Gasteiger partial charge in [-0.25, -0.2) is 4.79 Å². The van der Waals surface area contributed by atoms with Crippen LogP contribution in [-0.2, 0) is 6.42 Å². The van der Waals surface area contributed by atoms with Crippen LogP contribution in [0.4, 0.5) is 0 Å². The van der Waals surface area contributed by atoms with E-state index in [4.69, 9.17) is 13.9 Å². The smallest absolute Gasteiger partial charge is 0.336 e. The Bertz CT molecular complexity index is 1270. The predicted octanol–water partition coefficient (Wildman–Crippen LogP) is 5.29. The number of carbonyl (C=O) groups excluding carboxylic acids is 1. The molecule has 0 aliphatic rings. The lowest BCUT2D eigenvalue weighted by molar-refractivity contribution is 0.0921. The summed E-state index contributed by atoms with van der Waals surface area (Å²) in [6, 6.07) is 21.8. The van der Waals surface area contributed by atoms with E-state index in [1.807, 2.05) is 43.3 Å². The van der Waals surface area contributed by atoms with Crippen molar-refractivity contribution < 1.29 is 18.7 Å². The lowest BCUT2D eigenvalue weighted by Gasteiger charge is -2.13. The molecular weight excluding hydrogens is 392 g/mol. The molecule has 0 fully saturated rings. The van der Waals surface area contributed by atoms with E-state index < -0.39 is 5.63 Å². The third-order valence-corrected chi connectivity index (χ3v) is 5.16. The first-order chi connectivity index (χ1) is 15.1. The number of rotatable bonds is 7. The Balaban J connectivity index is 1.66. The largest absolute Gasteiger partial charge is 0.497 e. The zero-order valence-corrected chi connectivity index (χ0v) is 17.4. The number of Topliss-reactive ketones (excluding diaryl/α,β-unsaturated/α-hetero) is 1. The molecule has 5 nitrogen and oxygen atoms in total. The third kappa shape index (κ3) is 4.36. The second kappa shape index (κ2) is 8.88. The molecule has 0 N–H and O–H groups in total. The lowest BCUT2D eigenvalue weighted by Crippen LogP contribution is -2.12. The first-order valence-electron chi connectivity index (χ1n) is 10.0. The van der Waals surface area contributed by atoms with E-state index in [2.05, 4.69) is 0 Å². The number of fused-ring (bicyclic) bond motifs is 1. The molecule has 31 heavy (non-hydrogen) atoms. The third-order valence-electron chi connectivity index (χ3n) is 5.16. The molecule has 0 aliphatic heterocycles. The number of ether oxygens (including phenoxy) is 2. The molecule has 0 aliphatic carbocycles. The highest BCUT2D eigenvalue weighted by Crippen LogP contribution is 2.32. The minimum Gasteiger partial charge on any atom is -0.497 e. The summed E-state index contributed by atoms with van der Waals surface area (Å²) in [5.41, 5.74) is 3.21. The Morgan fingerprint density at radius 1 is 0.968 bits per heavy atom. The summed E-state index contributed by atoms with van der Waals surface area (Å²) in [4.78, 5) is 24.7. The fraction of sp³-hybridized carbons (Fsp3) is 0.154. The summed E-state index contributed by atoms with van der Waals surface area (Å²) < 4.78 is 16.4. The first kappa shape index (κ1) is 20.4. The van der Waals surface area contributed by atoms with Crippen molar-refractivity contribution in [3.8, 4) is 22.6 Å². The SMILES string of the molecule is CCc1cc2c(-c3ccccc3)cc(=O)oc2cc1OCC(=O)c1ccc(OC)cc1. The summed E-state index contributed by atoms with van der Waals surface area (Å²) in [7, 11) is 1.58. The summed E-state index contributed by atoms with van der Waals surface area (Å²) >= 11 is 0. The van der Waals surface area contributed by atoms with Gasteiger partial charge >= 0.3 is 5.63 Å². The van der Waals surface area contributed by atoms with Gasteiger partial charge in [0.25, 0.3) is 0 Å². The van der Waals surface area contributed by atoms with Crippen LogP contribution in [-0.4, -0.2) is 19.5 Å². The Labute approximate surface area is 179 Å². The molecule has 0 saturated heterocycles. The van der Waals surface area contributed by atoms with E-state index in [9.17, 15) is 9.59 Å². The summed E-state index contributed by atoms with van der Waals surface area (Å²) in [6.45, 7) is 1.90. The quantitative estimate of drug-likeness (QED) is 0.304. The number of hydrogen-bond acceptors (Lipinski definition) is 5. The molecule has 0 spiro atoms. The van der Waals surface area contributed by atoms with Gasteiger partial charge in [-0.3, -0.25) is 4.79 Å². The zero-order chi connectivity index (χ0) is 21.8. The number of hydrogen-bond donors (Lipinski definition) is 0. The zero-order valence-electron chi connectivity index (χ0n) is 17.4. The van der Waals surface area contributed by atoms with Crippen molar-refractivity contribution in [1.82, 2.24) is 0 Å². The van der Waals surface area contributed by atoms with Gasteiger partial charge in [-0.2, -0.15) is 0 Å². The van der Waals surface area contributed by atoms with E-state index in [1.165, 1.54) is 6.07 Å². The molecule has 3 aromatic carbocycles. The van der Waals surface area contributed by atoms with Crippen LogP contribution < -0.4 is 15.1 Å². The second-order valence-electron chi connectivity index (χ2n) is 7.10. The van der Waals surface area contributed by atoms with Crippen LogP contribution >= 0.6 is 0 Å². The molecule has 0 amide bonds. The minimum atomic E-state index is -0.434. The predicted molar refractivity (Wildman–Crippen MR) is 120 cm³/mol. The van der Waals surface area contributed by atoms with Crippen LogP contribution in [0.3, 0.4) is 0 Å². The van der Waals surface area contributed by atoms with E-state index >= 15 is 0 Å². The van der Waals surface area contributed by atoms with Crippen molar-refractivity contribution in [3.63, 3.8) is 0 Å². The molecular formula is C26H22O5. The van der Waals surface area contributed by atoms with Crippen LogP contribution in [0, 0.1) is 0 Å². The number of ketones is 1. The molecule has 5 heteroatoms. The van der Waals surface area contributed by atoms with E-state index in [-0.39, 0.29) is 12.4 Å². The van der Waals surface area contributed by atoms with E-state index in [1.54, 1.807) is 37.4 Å². The maximum Gasteiger partial charge on any atom is 0.336 e. The monoisotopic (exact) mass is 414 g/mol. The van der Waals surface area contributed by atoms with Crippen LogP contribution in [0.1, 0.15) is 22.8 Å². The van der Waals surface area contributed by atoms with Gasteiger partial charge in [-0.1, -0.05) is 37.3 Å². The number of carbonyl (C=O) groups is 1. The average Bonchev–Trinajstić information content (AvgIpc) is 2.82. The molecule has 1 heterocycles. The molecule has 0 radical (unpaired) electrons. The maximum absolute atomic E-state index is 12.5.